The van der Waals surface area contributed by atoms with Gasteiger partial charge in [-0.2, -0.15) is 0 Å². The number of aliphatic hydroxyl groups is 2. The van der Waals surface area contributed by atoms with E-state index in [2.05, 4.69) is 62.5 Å². The number of allylic oxidation sites excluding steroid dienone is 6. The van der Waals surface area contributed by atoms with Crippen LogP contribution in [0.25, 0.3) is 0 Å². The largest absolute Gasteiger partial charge is 0.462 e. The van der Waals surface area contributed by atoms with Crippen LogP contribution in [0, 0.1) is 0 Å². The first-order valence-corrected chi connectivity index (χ1v) is 30.2. The van der Waals surface area contributed by atoms with Crippen molar-refractivity contribution in [3.8, 4) is 0 Å². The molecule has 1 amide bonds. The fraction of sp³-hybridized carbons (Fsp3) is 0.871. The van der Waals surface area contributed by atoms with Gasteiger partial charge in [-0.05, 0) is 51.4 Å². The minimum atomic E-state index is -0.790. The SMILES string of the molecule is CCCCCCC/C=C/C=C/C=C/CCCCCCCC(=O)OC(CCCCCCCCCCCCCCCC)CC(=O)NC(CO)C(O)CCCCCCCCCCCCCCCCCCC. The van der Waals surface area contributed by atoms with Gasteiger partial charge in [-0.15, -0.1) is 0 Å². The number of ether oxygens (including phenoxy) is 1. The summed E-state index contributed by atoms with van der Waals surface area (Å²) >= 11 is 0. The summed E-state index contributed by atoms with van der Waals surface area (Å²) in [4.78, 5) is 26.3. The highest BCUT2D eigenvalue weighted by molar-refractivity contribution is 5.77. The summed E-state index contributed by atoms with van der Waals surface area (Å²) < 4.78 is 5.96. The lowest BCUT2D eigenvalue weighted by atomic mass is 10.0. The van der Waals surface area contributed by atoms with Crippen LogP contribution in [0.15, 0.2) is 36.5 Å². The average molecular weight is 957 g/mol. The summed E-state index contributed by atoms with van der Waals surface area (Å²) in [5, 5.41) is 23.9. The molecule has 0 aromatic rings. The Kier molecular flexibility index (Phi) is 54.4. The normalized spacial score (nSPS) is 13.3. The molecule has 6 nitrogen and oxygen atoms in total. The molecule has 6 heteroatoms. The van der Waals surface area contributed by atoms with Gasteiger partial charge in [-0.25, -0.2) is 0 Å². The van der Waals surface area contributed by atoms with Gasteiger partial charge >= 0.3 is 5.97 Å². The van der Waals surface area contributed by atoms with Gasteiger partial charge < -0.3 is 20.3 Å². The summed E-state index contributed by atoms with van der Waals surface area (Å²) in [5.41, 5.74) is 0. The van der Waals surface area contributed by atoms with E-state index in [1.165, 1.54) is 212 Å². The number of carbonyl (C=O) groups is 2. The molecule has 68 heavy (non-hydrogen) atoms. The van der Waals surface area contributed by atoms with Gasteiger partial charge in [0.15, 0.2) is 0 Å². The van der Waals surface area contributed by atoms with Crippen LogP contribution < -0.4 is 5.32 Å². The summed E-state index contributed by atoms with van der Waals surface area (Å²) in [6, 6.07) is -0.704. The van der Waals surface area contributed by atoms with Gasteiger partial charge in [0.25, 0.3) is 0 Å². The first kappa shape index (κ1) is 66.1. The Morgan fingerprint density at radius 1 is 0.426 bits per heavy atom. The second-order valence-electron chi connectivity index (χ2n) is 20.8. The lowest BCUT2D eigenvalue weighted by Gasteiger charge is -2.24. The predicted octanol–water partition coefficient (Wildman–Crippen LogP) is 18.8. The van der Waals surface area contributed by atoms with Crippen LogP contribution in [0.3, 0.4) is 0 Å². The van der Waals surface area contributed by atoms with Crippen molar-refractivity contribution in [2.24, 2.45) is 0 Å². The number of unbranched alkanes of at least 4 members (excludes halogenated alkanes) is 39. The summed E-state index contributed by atoms with van der Waals surface area (Å²) in [7, 11) is 0. The van der Waals surface area contributed by atoms with Crippen molar-refractivity contribution in [2.45, 2.75) is 341 Å². The van der Waals surface area contributed by atoms with Gasteiger partial charge in [0.05, 0.1) is 25.2 Å². The minimum Gasteiger partial charge on any atom is -0.462 e. The van der Waals surface area contributed by atoms with Crippen molar-refractivity contribution in [1.82, 2.24) is 5.32 Å². The zero-order valence-electron chi connectivity index (χ0n) is 45.8. The van der Waals surface area contributed by atoms with Crippen LogP contribution in [0.5, 0.6) is 0 Å². The van der Waals surface area contributed by atoms with E-state index in [0.29, 0.717) is 19.3 Å². The quantitative estimate of drug-likeness (QED) is 0.0321. The highest BCUT2D eigenvalue weighted by Crippen LogP contribution is 2.19. The Labute approximate surface area is 424 Å². The first-order valence-electron chi connectivity index (χ1n) is 30.2. The van der Waals surface area contributed by atoms with Crippen LogP contribution in [0.1, 0.15) is 323 Å². The molecule has 0 saturated carbocycles. The van der Waals surface area contributed by atoms with Gasteiger partial charge in [0, 0.05) is 6.42 Å². The number of nitrogens with one attached hydrogen (secondary N) is 1. The molecular formula is C62H117NO5. The molecule has 400 valence electrons. The summed E-state index contributed by atoms with van der Waals surface area (Å²) in [6.45, 7) is 6.51. The van der Waals surface area contributed by atoms with Gasteiger partial charge in [0.2, 0.25) is 5.91 Å². The maximum absolute atomic E-state index is 13.3. The molecule has 0 spiro atoms. The molecule has 0 aromatic carbocycles. The number of esters is 1. The van der Waals surface area contributed by atoms with Gasteiger partial charge in [-0.1, -0.05) is 295 Å². The summed E-state index contributed by atoms with van der Waals surface area (Å²) in [5.74, 6) is -0.478. The Bertz CT molecular complexity index is 1120. The second-order valence-corrected chi connectivity index (χ2v) is 20.8. The van der Waals surface area contributed by atoms with E-state index < -0.39 is 18.2 Å². The average Bonchev–Trinajstić information content (AvgIpc) is 3.33. The molecule has 0 aromatic heterocycles. The smallest absolute Gasteiger partial charge is 0.306 e. The van der Waals surface area contributed by atoms with Crippen molar-refractivity contribution in [2.75, 3.05) is 6.61 Å². The molecule has 0 bridgehead atoms. The van der Waals surface area contributed by atoms with E-state index in [-0.39, 0.29) is 24.9 Å². The molecule has 0 aliphatic rings. The molecule has 3 N–H and O–H groups in total. The molecular weight excluding hydrogens is 839 g/mol. The molecule has 0 heterocycles. The van der Waals surface area contributed by atoms with Crippen molar-refractivity contribution in [1.29, 1.82) is 0 Å². The minimum absolute atomic E-state index is 0.0741. The number of carbonyl (C=O) groups excluding carboxylic acids is 2. The van der Waals surface area contributed by atoms with Crippen LogP contribution >= 0.6 is 0 Å². The number of aliphatic hydroxyl groups excluding tert-OH is 2. The van der Waals surface area contributed by atoms with Crippen LogP contribution in [0.2, 0.25) is 0 Å². The Balaban J connectivity index is 4.53. The standard InChI is InChI=1S/C62H117NO5/c1-4-7-10-13-16-19-22-25-28-30-32-34-37-40-43-46-49-52-55-62(67)68-58(53-50-47-44-41-38-35-27-24-21-18-15-12-9-6-3)56-61(66)63-59(57-64)60(65)54-51-48-45-42-39-36-33-31-29-26-23-20-17-14-11-8-5-2/h22,25,28,30,32,34,58-60,64-65H,4-21,23-24,26-27,29,31,33,35-57H2,1-3H3,(H,63,66)/b25-22+,30-28+,34-32+. The highest BCUT2D eigenvalue weighted by atomic mass is 16.5. The first-order chi connectivity index (χ1) is 33.5. The lowest BCUT2D eigenvalue weighted by Crippen LogP contribution is -2.46. The molecule has 0 saturated heterocycles. The third-order valence-electron chi connectivity index (χ3n) is 14.0. The topological polar surface area (TPSA) is 95.9 Å². The monoisotopic (exact) mass is 956 g/mol. The molecule has 0 rings (SSSR count). The molecule has 0 aliphatic heterocycles. The third kappa shape index (κ3) is 50.5. The number of hydrogen-bond donors (Lipinski definition) is 3. The molecule has 0 aliphatic carbocycles. The fourth-order valence-electron chi connectivity index (χ4n) is 9.44. The molecule has 3 atom stereocenters. The van der Waals surface area contributed by atoms with Crippen molar-refractivity contribution < 1.29 is 24.5 Å². The fourth-order valence-corrected chi connectivity index (χ4v) is 9.44. The molecule has 0 radical (unpaired) electrons. The van der Waals surface area contributed by atoms with Crippen molar-refractivity contribution >= 4 is 11.9 Å². The van der Waals surface area contributed by atoms with Crippen molar-refractivity contribution in [3.05, 3.63) is 36.5 Å². The van der Waals surface area contributed by atoms with E-state index >= 15 is 0 Å². The zero-order chi connectivity index (χ0) is 49.5. The Hall–Kier alpha value is -1.92. The Morgan fingerprint density at radius 2 is 0.750 bits per heavy atom. The van der Waals surface area contributed by atoms with E-state index in [1.54, 1.807) is 0 Å². The molecule has 3 unspecified atom stereocenters. The van der Waals surface area contributed by atoms with Crippen LogP contribution in [-0.2, 0) is 14.3 Å². The number of rotatable bonds is 55. The Morgan fingerprint density at radius 3 is 1.12 bits per heavy atom. The lowest BCUT2D eigenvalue weighted by molar-refractivity contribution is -0.151. The van der Waals surface area contributed by atoms with Crippen LogP contribution in [0.4, 0.5) is 0 Å². The summed E-state index contributed by atoms with van der Waals surface area (Å²) in [6.07, 6.45) is 67.8. The van der Waals surface area contributed by atoms with Crippen LogP contribution in [-0.4, -0.2) is 46.9 Å². The van der Waals surface area contributed by atoms with E-state index in [4.69, 9.17) is 4.74 Å². The van der Waals surface area contributed by atoms with Gasteiger partial charge in [0.1, 0.15) is 6.10 Å². The van der Waals surface area contributed by atoms with E-state index in [9.17, 15) is 19.8 Å². The zero-order valence-corrected chi connectivity index (χ0v) is 45.8. The van der Waals surface area contributed by atoms with Gasteiger partial charge in [-0.3, -0.25) is 9.59 Å². The number of hydrogen-bond acceptors (Lipinski definition) is 5. The number of amides is 1. The maximum Gasteiger partial charge on any atom is 0.306 e. The van der Waals surface area contributed by atoms with E-state index in [1.807, 2.05) is 0 Å². The van der Waals surface area contributed by atoms with E-state index in [0.717, 1.165) is 64.2 Å². The second kappa shape index (κ2) is 56.0. The molecule has 0 fully saturated rings. The third-order valence-corrected chi connectivity index (χ3v) is 14.0. The van der Waals surface area contributed by atoms with Crippen molar-refractivity contribution in [3.63, 3.8) is 0 Å². The predicted molar refractivity (Wildman–Crippen MR) is 296 cm³/mol. The highest BCUT2D eigenvalue weighted by Gasteiger charge is 2.24. The maximum atomic E-state index is 13.3.